The summed E-state index contributed by atoms with van der Waals surface area (Å²) in [5, 5.41) is 0. The summed E-state index contributed by atoms with van der Waals surface area (Å²) in [4.78, 5) is 4.64. The van der Waals surface area contributed by atoms with Crippen molar-refractivity contribution in [2.24, 2.45) is 0 Å². The standard InChI is InChI=1S/C31H32ClFN2O4S/c1-21-11-12-23(15-27(21)26-9-6-10-28(33)29(26)38-19-22-7-4-3-5-8-22)16-31(30-34-25(18-32)20-39-30)14-13-24(17-31)35-40(2,36)37/h3-12,15,20,24,35H,13-14,16-19H2,1-2H3/t24-,31+/m0/s1. The Morgan fingerprint density at radius 2 is 1.90 bits per heavy atom. The fourth-order valence-corrected chi connectivity index (χ4v) is 6.56. The number of para-hydroxylation sites is 1. The van der Waals surface area contributed by atoms with Crippen LogP contribution < -0.4 is 9.46 Å². The van der Waals surface area contributed by atoms with Gasteiger partial charge < -0.3 is 9.15 Å². The number of halogens is 2. The van der Waals surface area contributed by atoms with Gasteiger partial charge in [0.2, 0.25) is 15.9 Å². The number of ether oxygens (including phenoxy) is 1. The zero-order chi connectivity index (χ0) is 28.3. The van der Waals surface area contributed by atoms with Gasteiger partial charge >= 0.3 is 0 Å². The Bertz CT molecular complexity index is 1590. The quantitative estimate of drug-likeness (QED) is 0.211. The van der Waals surface area contributed by atoms with E-state index in [1.165, 1.54) is 12.3 Å². The fraction of sp³-hybridized carbons (Fsp3) is 0.323. The first-order valence-corrected chi connectivity index (χ1v) is 15.6. The molecule has 0 radical (unpaired) electrons. The van der Waals surface area contributed by atoms with Crippen LogP contribution in [0.25, 0.3) is 11.1 Å². The molecule has 0 saturated heterocycles. The number of rotatable bonds is 10. The number of hydrogen-bond donors (Lipinski definition) is 1. The first kappa shape index (κ1) is 28.3. The molecule has 1 saturated carbocycles. The fourth-order valence-electron chi connectivity index (χ4n) is 5.63. The van der Waals surface area contributed by atoms with Crippen LogP contribution in [0.15, 0.2) is 77.4 Å². The van der Waals surface area contributed by atoms with E-state index in [0.717, 1.165) is 22.3 Å². The molecule has 1 heterocycles. The third-order valence-electron chi connectivity index (χ3n) is 7.46. The molecule has 1 fully saturated rings. The Labute approximate surface area is 239 Å². The molecule has 6 nitrogen and oxygen atoms in total. The molecule has 1 aliphatic rings. The van der Waals surface area contributed by atoms with Crippen LogP contribution in [0.3, 0.4) is 0 Å². The van der Waals surface area contributed by atoms with E-state index in [4.69, 9.17) is 20.8 Å². The van der Waals surface area contributed by atoms with Crippen molar-refractivity contribution in [3.63, 3.8) is 0 Å². The summed E-state index contributed by atoms with van der Waals surface area (Å²) in [7, 11) is -3.37. The van der Waals surface area contributed by atoms with Gasteiger partial charge in [-0.15, -0.1) is 11.6 Å². The van der Waals surface area contributed by atoms with Crippen LogP contribution in [-0.4, -0.2) is 25.7 Å². The smallest absolute Gasteiger partial charge is 0.208 e. The number of aryl methyl sites for hydroxylation is 1. The van der Waals surface area contributed by atoms with Crippen molar-refractivity contribution in [1.82, 2.24) is 9.71 Å². The molecule has 2 atom stereocenters. The van der Waals surface area contributed by atoms with Crippen LogP contribution in [0, 0.1) is 12.7 Å². The molecule has 1 N–H and O–H groups in total. The lowest BCUT2D eigenvalue weighted by molar-refractivity contribution is 0.291. The molecule has 210 valence electrons. The molecule has 0 unspecified atom stereocenters. The van der Waals surface area contributed by atoms with Gasteiger partial charge in [0.05, 0.1) is 23.2 Å². The molecule has 9 heteroatoms. The van der Waals surface area contributed by atoms with Crippen LogP contribution in [0.4, 0.5) is 4.39 Å². The van der Waals surface area contributed by atoms with E-state index < -0.39 is 21.3 Å². The van der Waals surface area contributed by atoms with Gasteiger partial charge in [0.25, 0.3) is 0 Å². The molecule has 0 spiro atoms. The molecule has 0 amide bonds. The van der Waals surface area contributed by atoms with Gasteiger partial charge in [-0.05, 0) is 60.9 Å². The SMILES string of the molecule is Cc1ccc(C[C@]2(c3nc(CCl)co3)CC[C@H](NS(C)(=O)=O)C2)cc1-c1cccc(F)c1OCc1ccccc1. The molecule has 5 rings (SSSR count). The maximum atomic E-state index is 15.1. The molecule has 4 aromatic rings. The first-order chi connectivity index (χ1) is 19.2. The van der Waals surface area contributed by atoms with Gasteiger partial charge in [0.15, 0.2) is 11.6 Å². The molecule has 3 aromatic carbocycles. The topological polar surface area (TPSA) is 81.4 Å². The summed E-state index contributed by atoms with van der Waals surface area (Å²) in [6.07, 6.45) is 5.19. The highest BCUT2D eigenvalue weighted by Crippen LogP contribution is 2.45. The summed E-state index contributed by atoms with van der Waals surface area (Å²) in [5.74, 6) is 0.568. The van der Waals surface area contributed by atoms with Crippen LogP contribution in [-0.2, 0) is 34.3 Å². The van der Waals surface area contributed by atoms with Crippen LogP contribution >= 0.6 is 11.6 Å². The van der Waals surface area contributed by atoms with Gasteiger partial charge in [0.1, 0.15) is 12.9 Å². The molecule has 0 bridgehead atoms. The third-order valence-corrected chi connectivity index (χ3v) is 8.49. The second kappa shape index (κ2) is 11.7. The number of nitrogens with zero attached hydrogens (tertiary/aromatic N) is 1. The summed E-state index contributed by atoms with van der Waals surface area (Å²) in [6.45, 7) is 2.24. The minimum absolute atomic E-state index is 0.207. The third kappa shape index (κ3) is 6.40. The lowest BCUT2D eigenvalue weighted by Gasteiger charge is -2.27. The average molecular weight is 583 g/mol. The van der Waals surface area contributed by atoms with Crippen molar-refractivity contribution in [3.05, 3.63) is 107 Å². The number of benzene rings is 3. The Morgan fingerprint density at radius 1 is 1.10 bits per heavy atom. The normalized spacial score (nSPS) is 19.1. The Balaban J connectivity index is 1.48. The van der Waals surface area contributed by atoms with Crippen molar-refractivity contribution in [3.8, 4) is 16.9 Å². The number of oxazole rings is 1. The van der Waals surface area contributed by atoms with Gasteiger partial charge in [-0.25, -0.2) is 22.5 Å². The second-order valence-electron chi connectivity index (χ2n) is 10.6. The number of nitrogens with one attached hydrogen (secondary N) is 1. The van der Waals surface area contributed by atoms with Gasteiger partial charge in [-0.2, -0.15) is 0 Å². The molecule has 1 aromatic heterocycles. The van der Waals surface area contributed by atoms with Crippen molar-refractivity contribution >= 4 is 21.6 Å². The summed E-state index contributed by atoms with van der Waals surface area (Å²) in [5.41, 5.74) is 4.60. The lowest BCUT2D eigenvalue weighted by atomic mass is 9.79. The molecule has 0 aliphatic heterocycles. The van der Waals surface area contributed by atoms with Crippen LogP contribution in [0.5, 0.6) is 5.75 Å². The summed E-state index contributed by atoms with van der Waals surface area (Å²) < 4.78 is 53.7. The molecular formula is C31H32ClFN2O4S. The maximum Gasteiger partial charge on any atom is 0.208 e. The summed E-state index contributed by atoms with van der Waals surface area (Å²) >= 11 is 6.01. The van der Waals surface area contributed by atoms with Crippen molar-refractivity contribution in [2.75, 3.05) is 6.26 Å². The van der Waals surface area contributed by atoms with E-state index in [9.17, 15) is 8.42 Å². The van der Waals surface area contributed by atoms with Crippen LogP contribution in [0.2, 0.25) is 0 Å². The van der Waals surface area contributed by atoms with E-state index >= 15 is 4.39 Å². The van der Waals surface area contributed by atoms with E-state index in [2.05, 4.69) is 15.8 Å². The predicted molar refractivity (Wildman–Crippen MR) is 154 cm³/mol. The van der Waals surface area contributed by atoms with E-state index in [1.54, 1.807) is 12.3 Å². The number of hydrogen-bond acceptors (Lipinski definition) is 5. The van der Waals surface area contributed by atoms with Crippen molar-refractivity contribution < 1.29 is 22.0 Å². The zero-order valence-electron chi connectivity index (χ0n) is 22.5. The van der Waals surface area contributed by atoms with Gasteiger partial charge in [-0.1, -0.05) is 60.7 Å². The van der Waals surface area contributed by atoms with Crippen molar-refractivity contribution in [2.45, 2.75) is 56.6 Å². The molecule has 40 heavy (non-hydrogen) atoms. The number of alkyl halides is 1. The Morgan fingerprint density at radius 3 is 2.62 bits per heavy atom. The number of aromatic nitrogens is 1. The molecule has 1 aliphatic carbocycles. The maximum absolute atomic E-state index is 15.1. The Kier molecular flexibility index (Phi) is 8.31. The van der Waals surface area contributed by atoms with Gasteiger partial charge in [0, 0.05) is 11.6 Å². The first-order valence-electron chi connectivity index (χ1n) is 13.2. The van der Waals surface area contributed by atoms with Crippen molar-refractivity contribution in [1.29, 1.82) is 0 Å². The highest BCUT2D eigenvalue weighted by atomic mass is 35.5. The minimum atomic E-state index is -3.37. The van der Waals surface area contributed by atoms with E-state index in [-0.39, 0.29) is 24.3 Å². The highest BCUT2D eigenvalue weighted by molar-refractivity contribution is 7.88. The monoisotopic (exact) mass is 582 g/mol. The minimum Gasteiger partial charge on any atom is -0.485 e. The Hall–Kier alpha value is -3.20. The summed E-state index contributed by atoms with van der Waals surface area (Å²) in [6, 6.07) is 20.5. The highest BCUT2D eigenvalue weighted by Gasteiger charge is 2.45. The lowest BCUT2D eigenvalue weighted by Crippen LogP contribution is -2.35. The van der Waals surface area contributed by atoms with Gasteiger partial charge in [-0.3, -0.25) is 0 Å². The predicted octanol–water partition coefficient (Wildman–Crippen LogP) is 6.69. The molecular weight excluding hydrogens is 551 g/mol. The zero-order valence-corrected chi connectivity index (χ0v) is 24.1. The second-order valence-corrected chi connectivity index (χ2v) is 12.7. The van der Waals surface area contributed by atoms with Crippen LogP contribution in [0.1, 0.15) is 47.5 Å². The van der Waals surface area contributed by atoms with E-state index in [1.807, 2.05) is 55.5 Å². The number of sulfonamides is 1. The van der Waals surface area contributed by atoms with E-state index in [0.29, 0.717) is 42.8 Å². The largest absolute Gasteiger partial charge is 0.485 e. The average Bonchev–Trinajstić information content (AvgIpc) is 3.57.